The van der Waals surface area contributed by atoms with Gasteiger partial charge in [-0.1, -0.05) is 18.7 Å². The summed E-state index contributed by atoms with van der Waals surface area (Å²) in [6.45, 7) is 6.79. The van der Waals surface area contributed by atoms with Gasteiger partial charge in [0.2, 0.25) is 5.91 Å². The Morgan fingerprint density at radius 2 is 2.00 bits per heavy atom. The summed E-state index contributed by atoms with van der Waals surface area (Å²) in [6.07, 6.45) is 1.29. The van der Waals surface area contributed by atoms with Crippen molar-refractivity contribution >= 4 is 33.2 Å². The van der Waals surface area contributed by atoms with Crippen LogP contribution >= 0.6 is 11.3 Å². The molecule has 2 aliphatic rings. The summed E-state index contributed by atoms with van der Waals surface area (Å²) in [4.78, 5) is 31.8. The van der Waals surface area contributed by atoms with Crippen molar-refractivity contribution in [3.05, 3.63) is 89.0 Å². The molecule has 43 heavy (non-hydrogen) atoms. The van der Waals surface area contributed by atoms with Crippen molar-refractivity contribution < 1.29 is 23.1 Å². The van der Waals surface area contributed by atoms with Crippen LogP contribution in [0.3, 0.4) is 0 Å². The van der Waals surface area contributed by atoms with Gasteiger partial charge in [0.15, 0.2) is 0 Å². The Balaban J connectivity index is 1.51. The highest BCUT2D eigenvalue weighted by Crippen LogP contribution is 2.47. The Morgan fingerprint density at radius 1 is 1.16 bits per heavy atom. The van der Waals surface area contributed by atoms with Crippen LogP contribution in [0.15, 0.2) is 60.5 Å². The van der Waals surface area contributed by atoms with Gasteiger partial charge in [0.25, 0.3) is 5.91 Å². The maximum atomic E-state index is 15.7. The highest BCUT2D eigenvalue weighted by molar-refractivity contribution is 7.18. The third-order valence-electron chi connectivity index (χ3n) is 8.03. The molecule has 11 heteroatoms. The third-order valence-corrected chi connectivity index (χ3v) is 8.96. The van der Waals surface area contributed by atoms with Gasteiger partial charge in [0.05, 0.1) is 37.2 Å². The number of carbonyl (C=O) groups excluding carboxylic acids is 2. The second kappa shape index (κ2) is 10.1. The summed E-state index contributed by atoms with van der Waals surface area (Å²) in [5, 5.41) is 10.3. The topological polar surface area (TPSA) is 89.3 Å². The maximum absolute atomic E-state index is 15.7. The number of hydrogen-bond donors (Lipinski definition) is 1. The monoisotopic (exact) mass is 597 g/mol. The Labute approximate surface area is 249 Å². The van der Waals surface area contributed by atoms with Crippen molar-refractivity contribution in [1.29, 1.82) is 0 Å². The van der Waals surface area contributed by atoms with Gasteiger partial charge in [-0.3, -0.25) is 14.3 Å². The Morgan fingerprint density at radius 3 is 2.79 bits per heavy atom. The number of ether oxygens (including phenoxy) is 1. The summed E-state index contributed by atoms with van der Waals surface area (Å²) in [5.41, 5.74) is 4.91. The predicted molar refractivity (Wildman–Crippen MR) is 160 cm³/mol. The molecule has 0 aliphatic carbocycles. The minimum Gasteiger partial charge on any atom is -0.496 e. The number of amides is 2. The van der Waals surface area contributed by atoms with Crippen LogP contribution in [0, 0.1) is 11.6 Å². The largest absolute Gasteiger partial charge is 0.496 e. The predicted octanol–water partition coefficient (Wildman–Crippen LogP) is 5.94. The zero-order chi connectivity index (χ0) is 30.0. The van der Waals surface area contributed by atoms with Gasteiger partial charge in [0.1, 0.15) is 28.8 Å². The molecule has 0 saturated carbocycles. The summed E-state index contributed by atoms with van der Waals surface area (Å²) >= 11 is 1.39. The Hall–Kier alpha value is -4.90. The molecule has 0 unspecified atom stereocenters. The zero-order valence-electron chi connectivity index (χ0n) is 23.3. The van der Waals surface area contributed by atoms with Gasteiger partial charge >= 0.3 is 0 Å². The van der Waals surface area contributed by atoms with Crippen molar-refractivity contribution in [3.63, 3.8) is 0 Å². The summed E-state index contributed by atoms with van der Waals surface area (Å²) in [5.74, 6) is -1.86. The van der Waals surface area contributed by atoms with Crippen molar-refractivity contribution in [2.45, 2.75) is 32.6 Å². The smallest absolute Gasteiger partial charge is 0.251 e. The van der Waals surface area contributed by atoms with E-state index in [1.807, 2.05) is 47.3 Å². The number of benzene rings is 2. The second-order valence-electron chi connectivity index (χ2n) is 10.6. The second-order valence-corrected chi connectivity index (χ2v) is 11.5. The van der Waals surface area contributed by atoms with Crippen molar-refractivity contribution in [3.8, 4) is 39.5 Å². The molecular formula is C32H25F2N5O3S. The lowest BCUT2D eigenvalue weighted by atomic mass is 9.95. The fraction of sp³-hybridized carbons (Fsp3) is 0.188. The summed E-state index contributed by atoms with van der Waals surface area (Å²) < 4.78 is 38.0. The minimum atomic E-state index is -0.795. The van der Waals surface area contributed by atoms with E-state index in [1.54, 1.807) is 4.90 Å². The number of halogens is 2. The molecule has 0 spiro atoms. The SMILES string of the molecule is C=CC(=O)N1Cc2cc(-c3nc(-c4ccc5c(c4)C(=O)NC5)c4ccsc4c3-c3c(F)cc(F)cc3OC)nn2C[C@H]1C. The number of hydrogen-bond acceptors (Lipinski definition) is 6. The van der Waals surface area contributed by atoms with Crippen molar-refractivity contribution in [2.24, 2.45) is 0 Å². The molecule has 2 aromatic carbocycles. The van der Waals surface area contributed by atoms with E-state index in [-0.39, 0.29) is 29.2 Å². The molecule has 1 N–H and O–H groups in total. The van der Waals surface area contributed by atoms with E-state index in [9.17, 15) is 14.0 Å². The Kier molecular flexibility index (Phi) is 6.35. The Bertz CT molecular complexity index is 2000. The average molecular weight is 598 g/mol. The van der Waals surface area contributed by atoms with E-state index in [1.165, 1.54) is 24.5 Å². The minimum absolute atomic E-state index is 0.0255. The molecule has 5 aromatic rings. The number of aromatic nitrogens is 3. The first-order valence-electron chi connectivity index (χ1n) is 13.6. The molecule has 0 bridgehead atoms. The average Bonchev–Trinajstić information content (AvgIpc) is 3.74. The van der Waals surface area contributed by atoms with E-state index < -0.39 is 11.6 Å². The van der Waals surface area contributed by atoms with Gasteiger partial charge in [-0.05, 0) is 42.1 Å². The van der Waals surface area contributed by atoms with Gasteiger partial charge < -0.3 is 15.0 Å². The van der Waals surface area contributed by atoms with Crippen LogP contribution in [0.25, 0.3) is 43.9 Å². The lowest BCUT2D eigenvalue weighted by Crippen LogP contribution is -2.44. The van der Waals surface area contributed by atoms with E-state index in [4.69, 9.17) is 14.8 Å². The van der Waals surface area contributed by atoms with E-state index in [2.05, 4.69) is 11.9 Å². The first-order valence-corrected chi connectivity index (χ1v) is 14.5. The fourth-order valence-corrected chi connectivity index (χ4v) is 6.87. The number of nitrogens with zero attached hydrogens (tertiary/aromatic N) is 4. The molecular weight excluding hydrogens is 572 g/mol. The lowest BCUT2D eigenvalue weighted by Gasteiger charge is -2.33. The molecule has 0 fully saturated rings. The highest BCUT2D eigenvalue weighted by atomic mass is 32.1. The van der Waals surface area contributed by atoms with Crippen LogP contribution in [0.1, 0.15) is 28.5 Å². The van der Waals surface area contributed by atoms with Crippen molar-refractivity contribution in [1.82, 2.24) is 25.0 Å². The number of thiophene rings is 1. The molecule has 1 atom stereocenters. The molecule has 8 nitrogen and oxygen atoms in total. The third kappa shape index (κ3) is 4.30. The lowest BCUT2D eigenvalue weighted by molar-refractivity contribution is -0.129. The summed E-state index contributed by atoms with van der Waals surface area (Å²) in [7, 11) is 1.36. The van der Waals surface area contributed by atoms with Crippen LogP contribution in [0.2, 0.25) is 0 Å². The summed E-state index contributed by atoms with van der Waals surface area (Å²) in [6, 6.07) is 11.2. The fourth-order valence-electron chi connectivity index (χ4n) is 5.92. The highest BCUT2D eigenvalue weighted by Gasteiger charge is 2.31. The van der Waals surface area contributed by atoms with Crippen molar-refractivity contribution in [2.75, 3.05) is 7.11 Å². The number of pyridine rings is 1. The van der Waals surface area contributed by atoms with Gasteiger partial charge in [-0.25, -0.2) is 13.8 Å². The number of rotatable bonds is 5. The molecule has 3 aromatic heterocycles. The number of fused-ring (bicyclic) bond motifs is 3. The maximum Gasteiger partial charge on any atom is 0.251 e. The standard InChI is InChI=1S/C32H25F2N5O3S/c1-4-26(40)38-15-20-12-24(37-39(20)14-16(38)2)30-28(27-23(34)10-19(33)11-25(27)42-3)31-21(7-8-43-31)29(36-30)17-5-6-18-13-35-32(41)22(18)9-17/h4-12,16H,1,13-15H2,2-3H3,(H,35,41)/t16-/m1/s1. The zero-order valence-corrected chi connectivity index (χ0v) is 24.1. The number of methoxy groups -OCH3 is 1. The molecule has 0 radical (unpaired) electrons. The van der Waals surface area contributed by atoms with Gasteiger partial charge in [0, 0.05) is 51.5 Å². The van der Waals surface area contributed by atoms with Crippen LogP contribution in [0.5, 0.6) is 5.75 Å². The number of nitrogens with one attached hydrogen (secondary N) is 1. The van der Waals surface area contributed by atoms with Gasteiger partial charge in [-0.15, -0.1) is 11.3 Å². The van der Waals surface area contributed by atoms with Gasteiger partial charge in [-0.2, -0.15) is 5.10 Å². The van der Waals surface area contributed by atoms with E-state index in [0.717, 1.165) is 34.3 Å². The number of carbonyl (C=O) groups is 2. The molecule has 2 amide bonds. The molecule has 0 saturated heterocycles. The normalized spacial score (nSPS) is 15.8. The first-order chi connectivity index (χ1) is 20.8. The first kappa shape index (κ1) is 27.0. The van der Waals surface area contributed by atoms with Crippen LogP contribution in [0.4, 0.5) is 8.78 Å². The van der Waals surface area contributed by atoms with Crippen LogP contribution in [-0.4, -0.2) is 44.6 Å². The van der Waals surface area contributed by atoms with Crippen LogP contribution < -0.4 is 10.1 Å². The molecule has 5 heterocycles. The van der Waals surface area contributed by atoms with E-state index in [0.29, 0.717) is 52.5 Å². The molecule has 216 valence electrons. The molecule has 7 rings (SSSR count). The quantitative estimate of drug-likeness (QED) is 0.253. The van der Waals surface area contributed by atoms with Crippen LogP contribution in [-0.2, 0) is 24.4 Å². The van der Waals surface area contributed by atoms with E-state index >= 15 is 4.39 Å². The molecule has 2 aliphatic heterocycles.